The van der Waals surface area contributed by atoms with Gasteiger partial charge in [-0.2, -0.15) is 0 Å². The highest BCUT2D eigenvalue weighted by Gasteiger charge is 2.59. The standard InChI is InChI=1S/C30H52.3H2/c1-7-22-16-18-29(5)24(20-22)12-13-25-27-15-14-26(30(27,6)19-17-28(25)29)23(8-2)11-9-10-21(3)4;;;/h12,21-23,25-28H,7-11,13-20H2,1-6H3;3*1H/t22-,23+,25?,26+,27?,28?,29-,30+;;;/m0.../s1. The summed E-state index contributed by atoms with van der Waals surface area (Å²) >= 11 is 0. The molecule has 0 spiro atoms. The molecule has 0 heteroatoms. The maximum absolute atomic E-state index is 2.78. The highest BCUT2D eigenvalue weighted by molar-refractivity contribution is 5.25. The molecule has 0 N–H and O–H groups in total. The summed E-state index contributed by atoms with van der Waals surface area (Å²) in [5.74, 6) is 6.84. The van der Waals surface area contributed by atoms with Crippen molar-refractivity contribution in [2.45, 2.75) is 125 Å². The SMILES string of the molecule is CC[C@H]1CC[C@@]2(C)C(=CCC3C2CC[C@@]2(C)C3CC[C@@H]2[C@H](CC)CCCC(C)C)C1.[HH].[HH].[HH]. The fourth-order valence-electron chi connectivity index (χ4n) is 9.38. The Kier molecular flexibility index (Phi) is 6.83. The summed E-state index contributed by atoms with van der Waals surface area (Å²) in [6.07, 6.45) is 21.9. The molecule has 3 fully saturated rings. The normalized spacial score (nSPS) is 44.2. The highest BCUT2D eigenvalue weighted by Crippen LogP contribution is 2.67. The van der Waals surface area contributed by atoms with Crippen molar-refractivity contribution in [2.24, 2.45) is 52.3 Å². The summed E-state index contributed by atoms with van der Waals surface area (Å²) in [5.41, 5.74) is 3.08. The van der Waals surface area contributed by atoms with Gasteiger partial charge in [0.2, 0.25) is 0 Å². The van der Waals surface area contributed by atoms with E-state index in [4.69, 9.17) is 0 Å². The molecule has 8 atom stereocenters. The van der Waals surface area contributed by atoms with Crippen molar-refractivity contribution in [3.05, 3.63) is 11.6 Å². The van der Waals surface area contributed by atoms with Gasteiger partial charge in [0.05, 0.1) is 0 Å². The second kappa shape index (κ2) is 8.94. The molecule has 0 saturated heterocycles. The van der Waals surface area contributed by atoms with Gasteiger partial charge in [0, 0.05) is 4.28 Å². The van der Waals surface area contributed by atoms with Gasteiger partial charge in [-0.25, -0.2) is 0 Å². The van der Waals surface area contributed by atoms with E-state index in [0.717, 1.165) is 41.4 Å². The first kappa shape index (κ1) is 22.9. The predicted molar refractivity (Wildman–Crippen MR) is 138 cm³/mol. The van der Waals surface area contributed by atoms with Gasteiger partial charge in [-0.15, -0.1) is 0 Å². The first-order chi connectivity index (χ1) is 14.3. The minimum absolute atomic E-state index is 0. The van der Waals surface area contributed by atoms with Crippen molar-refractivity contribution in [1.82, 2.24) is 0 Å². The van der Waals surface area contributed by atoms with Gasteiger partial charge >= 0.3 is 0 Å². The molecule has 178 valence electrons. The molecular weight excluding hydrogens is 360 g/mol. The molecule has 0 amide bonds. The molecule has 0 aliphatic heterocycles. The Hall–Kier alpha value is -0.260. The third-order valence-corrected chi connectivity index (χ3v) is 11.3. The molecule has 4 aliphatic rings. The van der Waals surface area contributed by atoms with Crippen LogP contribution in [0.2, 0.25) is 0 Å². The fraction of sp³-hybridized carbons (Fsp3) is 0.933. The van der Waals surface area contributed by atoms with E-state index in [1.807, 2.05) is 5.57 Å². The lowest BCUT2D eigenvalue weighted by Gasteiger charge is -2.58. The Morgan fingerprint density at radius 2 is 1.80 bits per heavy atom. The van der Waals surface area contributed by atoms with E-state index >= 15 is 0 Å². The molecule has 30 heavy (non-hydrogen) atoms. The van der Waals surface area contributed by atoms with Crippen LogP contribution in [-0.2, 0) is 0 Å². The van der Waals surface area contributed by atoms with Gasteiger partial charge in [0.1, 0.15) is 0 Å². The van der Waals surface area contributed by atoms with E-state index < -0.39 is 0 Å². The largest absolute Gasteiger partial charge is 0.0845 e. The van der Waals surface area contributed by atoms with E-state index in [1.54, 1.807) is 6.42 Å². The van der Waals surface area contributed by atoms with Crippen LogP contribution in [0.4, 0.5) is 0 Å². The topological polar surface area (TPSA) is 0 Å². The maximum atomic E-state index is 2.78. The molecule has 4 rings (SSSR count). The van der Waals surface area contributed by atoms with Gasteiger partial charge in [0.25, 0.3) is 0 Å². The second-order valence-corrected chi connectivity index (χ2v) is 13.0. The van der Waals surface area contributed by atoms with Gasteiger partial charge in [0.15, 0.2) is 0 Å². The minimum Gasteiger partial charge on any atom is -0.0845 e. The molecule has 0 aromatic rings. The summed E-state index contributed by atoms with van der Waals surface area (Å²) in [6.45, 7) is 15.1. The Labute approximate surface area is 193 Å². The third-order valence-electron chi connectivity index (χ3n) is 11.3. The quantitative estimate of drug-likeness (QED) is 0.361. The lowest BCUT2D eigenvalue weighted by molar-refractivity contribution is -0.0545. The molecule has 0 heterocycles. The van der Waals surface area contributed by atoms with Crippen LogP contribution in [0.25, 0.3) is 0 Å². The average molecular weight is 419 g/mol. The number of rotatable bonds is 7. The molecule has 3 saturated carbocycles. The number of allylic oxidation sites excluding steroid dienone is 2. The molecule has 0 aromatic heterocycles. The van der Waals surface area contributed by atoms with Gasteiger partial charge in [-0.05, 0) is 104 Å². The zero-order chi connectivity index (χ0) is 21.5. The lowest BCUT2D eigenvalue weighted by atomic mass is 9.46. The van der Waals surface area contributed by atoms with Crippen LogP contribution in [0.15, 0.2) is 11.6 Å². The maximum Gasteiger partial charge on any atom is 0 e. The predicted octanol–water partition coefficient (Wildman–Crippen LogP) is 10.2. The molecule has 0 radical (unpaired) electrons. The molecule has 0 aromatic carbocycles. The molecule has 0 bridgehead atoms. The summed E-state index contributed by atoms with van der Waals surface area (Å²) in [4.78, 5) is 0. The van der Waals surface area contributed by atoms with E-state index in [0.29, 0.717) is 10.8 Å². The van der Waals surface area contributed by atoms with E-state index in [-0.39, 0.29) is 4.28 Å². The number of hydrogen-bond acceptors (Lipinski definition) is 0. The third kappa shape index (κ3) is 3.85. The first-order valence-corrected chi connectivity index (χ1v) is 14.0. The van der Waals surface area contributed by atoms with Crippen molar-refractivity contribution < 1.29 is 4.28 Å². The minimum atomic E-state index is 0. The van der Waals surface area contributed by atoms with E-state index in [2.05, 4.69) is 47.6 Å². The van der Waals surface area contributed by atoms with Crippen molar-refractivity contribution >= 4 is 0 Å². The summed E-state index contributed by atoms with van der Waals surface area (Å²) in [5, 5.41) is 0. The molecular formula is C30H58. The summed E-state index contributed by atoms with van der Waals surface area (Å²) in [6, 6.07) is 0. The van der Waals surface area contributed by atoms with Crippen molar-refractivity contribution in [3.8, 4) is 0 Å². The van der Waals surface area contributed by atoms with Crippen LogP contribution in [0.5, 0.6) is 0 Å². The van der Waals surface area contributed by atoms with Crippen molar-refractivity contribution in [1.29, 1.82) is 0 Å². The Bertz CT molecular complexity index is 628. The van der Waals surface area contributed by atoms with E-state index in [1.165, 1.54) is 77.0 Å². The first-order valence-electron chi connectivity index (χ1n) is 14.0. The second-order valence-electron chi connectivity index (χ2n) is 13.0. The number of fused-ring (bicyclic) bond motifs is 5. The monoisotopic (exact) mass is 418 g/mol. The zero-order valence-electron chi connectivity index (χ0n) is 21.3. The van der Waals surface area contributed by atoms with Crippen LogP contribution >= 0.6 is 0 Å². The Balaban J connectivity index is 0.00000181. The molecule has 0 nitrogen and oxygen atoms in total. The van der Waals surface area contributed by atoms with Crippen molar-refractivity contribution in [3.63, 3.8) is 0 Å². The van der Waals surface area contributed by atoms with Gasteiger partial charge in [-0.3, -0.25) is 0 Å². The Morgan fingerprint density at radius 1 is 1.00 bits per heavy atom. The van der Waals surface area contributed by atoms with Gasteiger partial charge < -0.3 is 0 Å². The van der Waals surface area contributed by atoms with Crippen LogP contribution < -0.4 is 0 Å². The summed E-state index contributed by atoms with van der Waals surface area (Å²) in [7, 11) is 0. The van der Waals surface area contributed by atoms with Crippen LogP contribution in [0.3, 0.4) is 0 Å². The zero-order valence-corrected chi connectivity index (χ0v) is 21.3. The lowest BCUT2D eigenvalue weighted by Crippen LogP contribution is -2.50. The smallest absolute Gasteiger partial charge is 0 e. The van der Waals surface area contributed by atoms with Crippen LogP contribution in [0, 0.1) is 52.3 Å². The van der Waals surface area contributed by atoms with Crippen LogP contribution in [0.1, 0.15) is 129 Å². The molecule has 4 aliphatic carbocycles. The number of hydrogen-bond donors (Lipinski definition) is 0. The van der Waals surface area contributed by atoms with E-state index in [9.17, 15) is 0 Å². The van der Waals surface area contributed by atoms with Crippen molar-refractivity contribution in [2.75, 3.05) is 0 Å². The fourth-order valence-corrected chi connectivity index (χ4v) is 9.38. The Morgan fingerprint density at radius 3 is 2.50 bits per heavy atom. The molecule has 3 unspecified atom stereocenters. The summed E-state index contributed by atoms with van der Waals surface area (Å²) < 4.78 is 0. The van der Waals surface area contributed by atoms with Crippen LogP contribution in [-0.4, -0.2) is 0 Å². The average Bonchev–Trinajstić information content (AvgIpc) is 3.07. The highest BCUT2D eigenvalue weighted by atomic mass is 14.6. The van der Waals surface area contributed by atoms with Gasteiger partial charge in [-0.1, -0.05) is 85.3 Å².